The molecule has 1 rings (SSSR count). The first-order chi connectivity index (χ1) is 8.78. The van der Waals surface area contributed by atoms with Gasteiger partial charge in [-0.25, -0.2) is 0 Å². The van der Waals surface area contributed by atoms with E-state index in [4.69, 9.17) is 18.0 Å². The van der Waals surface area contributed by atoms with Gasteiger partial charge >= 0.3 is 0 Å². The summed E-state index contributed by atoms with van der Waals surface area (Å²) in [7, 11) is 4.04. The lowest BCUT2D eigenvalue weighted by atomic mass is 9.68. The molecule has 3 N–H and O–H groups in total. The van der Waals surface area contributed by atoms with Crippen LogP contribution in [0.1, 0.15) is 39.5 Å². The molecule has 0 bridgehead atoms. The zero-order valence-corrected chi connectivity index (χ0v) is 13.3. The van der Waals surface area contributed by atoms with Crippen molar-refractivity contribution in [3.8, 4) is 0 Å². The highest BCUT2D eigenvalue weighted by atomic mass is 32.1. The monoisotopic (exact) mass is 285 g/mol. The molecule has 0 aromatic heterocycles. The average Bonchev–Trinajstić information content (AvgIpc) is 2.11. The lowest BCUT2D eigenvalue weighted by molar-refractivity contribution is -0.131. The number of carbonyl (C=O) groups excluding carboxylic acids is 1. The largest absolute Gasteiger partial charge is 0.392 e. The van der Waals surface area contributed by atoms with Crippen molar-refractivity contribution in [1.29, 1.82) is 0 Å². The summed E-state index contributed by atoms with van der Waals surface area (Å²) in [6.45, 7) is 5.18. The molecule has 0 aliphatic heterocycles. The second kappa shape index (κ2) is 6.66. The smallest absolute Gasteiger partial charge is 0.233 e. The number of hydrogen-bond acceptors (Lipinski definition) is 3. The minimum atomic E-state index is -0.573. The Balaban J connectivity index is 2.67. The number of likely N-dealkylation sites (N-methyl/N-ethyl adjacent to an activating group) is 1. The number of nitrogens with one attached hydrogen (secondary N) is 1. The van der Waals surface area contributed by atoms with E-state index in [0.717, 1.165) is 32.2 Å². The zero-order valence-electron chi connectivity index (χ0n) is 12.5. The Bertz CT molecular complexity index is 328. The van der Waals surface area contributed by atoms with Crippen LogP contribution in [0.4, 0.5) is 0 Å². The molecule has 1 fully saturated rings. The number of nitrogens with zero attached hydrogens (tertiary/aromatic N) is 1. The third-order valence-electron chi connectivity index (χ3n) is 3.79. The molecular weight excluding hydrogens is 258 g/mol. The molecule has 1 aliphatic rings. The van der Waals surface area contributed by atoms with Crippen LogP contribution in [0.3, 0.4) is 0 Å². The predicted octanol–water partition coefficient (Wildman–Crippen LogP) is 1.54. The number of carbonyl (C=O) groups is 1. The van der Waals surface area contributed by atoms with Crippen molar-refractivity contribution in [3.05, 3.63) is 0 Å². The van der Waals surface area contributed by atoms with Gasteiger partial charge in [-0.2, -0.15) is 0 Å². The summed E-state index contributed by atoms with van der Waals surface area (Å²) in [6, 6.07) is 0.161. The third-order valence-corrected chi connectivity index (χ3v) is 4.18. The molecule has 0 spiro atoms. The van der Waals surface area contributed by atoms with Crippen molar-refractivity contribution in [1.82, 2.24) is 10.2 Å². The lowest BCUT2D eigenvalue weighted by Crippen LogP contribution is -2.56. The third kappa shape index (κ3) is 4.14. The molecule has 1 atom stereocenters. The van der Waals surface area contributed by atoms with E-state index >= 15 is 0 Å². The highest BCUT2D eigenvalue weighted by molar-refractivity contribution is 7.80. The Hall–Kier alpha value is -0.680. The fourth-order valence-electron chi connectivity index (χ4n) is 2.63. The molecule has 0 heterocycles. The molecule has 0 saturated heterocycles. The summed E-state index contributed by atoms with van der Waals surface area (Å²) in [5.41, 5.74) is 5.20. The van der Waals surface area contributed by atoms with E-state index < -0.39 is 5.41 Å². The molecule has 110 valence electrons. The first-order valence-corrected chi connectivity index (χ1v) is 7.44. The minimum Gasteiger partial charge on any atom is -0.392 e. The molecule has 0 aromatic carbocycles. The van der Waals surface area contributed by atoms with E-state index in [2.05, 4.69) is 24.1 Å². The number of nitrogens with two attached hydrogens (primary N) is 1. The molecular formula is C14H27N3OS. The second-order valence-electron chi connectivity index (χ2n) is 6.36. The van der Waals surface area contributed by atoms with E-state index in [1.54, 1.807) is 0 Å². The van der Waals surface area contributed by atoms with Crippen LogP contribution >= 0.6 is 12.2 Å². The maximum absolute atomic E-state index is 12.5. The Kier molecular flexibility index (Phi) is 5.74. The number of thiocarbonyl (C=S) groups is 1. The van der Waals surface area contributed by atoms with Crippen LogP contribution in [-0.4, -0.2) is 42.5 Å². The maximum atomic E-state index is 12.5. The zero-order chi connectivity index (χ0) is 14.6. The number of amides is 1. The molecule has 5 heteroatoms. The van der Waals surface area contributed by atoms with Crippen LogP contribution in [0, 0.1) is 11.3 Å². The van der Waals surface area contributed by atoms with Crippen LogP contribution in [0.2, 0.25) is 0 Å². The Morgan fingerprint density at radius 1 is 1.42 bits per heavy atom. The summed E-state index contributed by atoms with van der Waals surface area (Å²) in [5.74, 6) is 0.575. The van der Waals surface area contributed by atoms with Crippen molar-refractivity contribution in [3.63, 3.8) is 0 Å². The van der Waals surface area contributed by atoms with Crippen LogP contribution in [-0.2, 0) is 4.79 Å². The average molecular weight is 285 g/mol. The van der Waals surface area contributed by atoms with E-state index in [0.29, 0.717) is 10.9 Å². The van der Waals surface area contributed by atoms with Crippen LogP contribution < -0.4 is 11.1 Å². The van der Waals surface area contributed by atoms with Gasteiger partial charge in [0.2, 0.25) is 5.91 Å². The molecule has 1 amide bonds. The SMILES string of the molecule is CC(C)CC(CN(C)C)NC(=O)C1(C(N)=S)CCC1. The highest BCUT2D eigenvalue weighted by Crippen LogP contribution is 2.41. The van der Waals surface area contributed by atoms with Gasteiger partial charge in [0.15, 0.2) is 0 Å². The predicted molar refractivity (Wildman–Crippen MR) is 83.0 cm³/mol. The van der Waals surface area contributed by atoms with Crippen molar-refractivity contribution in [2.24, 2.45) is 17.1 Å². The standard InChI is InChI=1S/C14H27N3OS/c1-10(2)8-11(9-17(3)4)16-13(18)14(12(15)19)6-5-7-14/h10-11H,5-9H2,1-4H3,(H2,15,19)(H,16,18). The van der Waals surface area contributed by atoms with Gasteiger partial charge in [0.05, 0.1) is 10.4 Å². The number of rotatable bonds is 7. The molecule has 1 aliphatic carbocycles. The maximum Gasteiger partial charge on any atom is 0.233 e. The van der Waals surface area contributed by atoms with Crippen molar-refractivity contribution < 1.29 is 4.79 Å². The van der Waals surface area contributed by atoms with Crippen molar-refractivity contribution >= 4 is 23.1 Å². The first-order valence-electron chi connectivity index (χ1n) is 7.03. The molecule has 1 unspecified atom stereocenters. The first kappa shape index (κ1) is 16.4. The molecule has 0 radical (unpaired) electrons. The van der Waals surface area contributed by atoms with E-state index in [1.165, 1.54) is 0 Å². The van der Waals surface area contributed by atoms with Crippen molar-refractivity contribution in [2.75, 3.05) is 20.6 Å². The van der Waals surface area contributed by atoms with Crippen LogP contribution in [0.5, 0.6) is 0 Å². The molecule has 1 saturated carbocycles. The van der Waals surface area contributed by atoms with Gasteiger partial charge in [-0.3, -0.25) is 4.79 Å². The minimum absolute atomic E-state index is 0.0266. The van der Waals surface area contributed by atoms with E-state index in [1.807, 2.05) is 14.1 Å². The van der Waals surface area contributed by atoms with E-state index in [9.17, 15) is 4.79 Å². The summed E-state index contributed by atoms with van der Waals surface area (Å²) in [5, 5.41) is 3.16. The lowest BCUT2D eigenvalue weighted by Gasteiger charge is -2.40. The molecule has 19 heavy (non-hydrogen) atoms. The Labute approximate surface area is 122 Å². The van der Waals surface area contributed by atoms with Gasteiger partial charge in [0, 0.05) is 12.6 Å². The van der Waals surface area contributed by atoms with Gasteiger partial charge in [0.1, 0.15) is 0 Å². The number of hydrogen-bond donors (Lipinski definition) is 2. The van der Waals surface area contributed by atoms with Gasteiger partial charge in [-0.05, 0) is 39.3 Å². The topological polar surface area (TPSA) is 58.4 Å². The Morgan fingerprint density at radius 2 is 2.00 bits per heavy atom. The fourth-order valence-corrected chi connectivity index (χ4v) is 2.92. The quantitative estimate of drug-likeness (QED) is 0.697. The fraction of sp³-hybridized carbons (Fsp3) is 0.857. The van der Waals surface area contributed by atoms with Crippen molar-refractivity contribution in [2.45, 2.75) is 45.6 Å². The molecule has 4 nitrogen and oxygen atoms in total. The second-order valence-corrected chi connectivity index (χ2v) is 6.80. The van der Waals surface area contributed by atoms with Gasteiger partial charge in [0.25, 0.3) is 0 Å². The normalized spacial score (nSPS) is 19.1. The molecule has 0 aromatic rings. The summed E-state index contributed by atoms with van der Waals surface area (Å²) in [6.07, 6.45) is 3.60. The summed E-state index contributed by atoms with van der Waals surface area (Å²) in [4.78, 5) is 14.9. The van der Waals surface area contributed by atoms with E-state index in [-0.39, 0.29) is 11.9 Å². The Morgan fingerprint density at radius 3 is 2.32 bits per heavy atom. The highest BCUT2D eigenvalue weighted by Gasteiger charge is 2.47. The van der Waals surface area contributed by atoms with Gasteiger partial charge < -0.3 is 16.0 Å². The van der Waals surface area contributed by atoms with Gasteiger partial charge in [-0.15, -0.1) is 0 Å². The summed E-state index contributed by atoms with van der Waals surface area (Å²) < 4.78 is 0. The van der Waals surface area contributed by atoms with Crippen LogP contribution in [0.15, 0.2) is 0 Å². The van der Waals surface area contributed by atoms with Gasteiger partial charge in [-0.1, -0.05) is 32.5 Å². The van der Waals surface area contributed by atoms with Crippen LogP contribution in [0.25, 0.3) is 0 Å². The summed E-state index contributed by atoms with van der Waals surface area (Å²) >= 11 is 5.09.